The summed E-state index contributed by atoms with van der Waals surface area (Å²) in [6.45, 7) is 0.953. The summed E-state index contributed by atoms with van der Waals surface area (Å²) in [5.74, 6) is 0.792. The molecular weight excluding hydrogens is 565 g/mol. The number of carbonyl (C=O) groups is 1. The van der Waals surface area contributed by atoms with Crippen LogP contribution in [0.1, 0.15) is 23.6 Å². The Bertz CT molecular complexity index is 1640. The molecule has 2 aliphatic rings. The second kappa shape index (κ2) is 10.7. The van der Waals surface area contributed by atoms with E-state index in [1.54, 1.807) is 29.2 Å². The van der Waals surface area contributed by atoms with Crippen molar-refractivity contribution in [1.82, 2.24) is 9.47 Å². The molecule has 2 amide bonds. The minimum absolute atomic E-state index is 0.0696. The maximum absolute atomic E-state index is 13.3. The molecular formula is C27H27F3N4O6S. The maximum Gasteiger partial charge on any atom is 0.416 e. The number of amides is 2. The maximum atomic E-state index is 13.3. The van der Waals surface area contributed by atoms with Crippen LogP contribution in [0, 0.1) is 5.92 Å². The smallest absolute Gasteiger partial charge is 0.416 e. The van der Waals surface area contributed by atoms with E-state index in [0.717, 1.165) is 24.6 Å². The fourth-order valence-corrected chi connectivity index (χ4v) is 6.42. The van der Waals surface area contributed by atoms with Crippen molar-refractivity contribution in [3.63, 3.8) is 0 Å². The van der Waals surface area contributed by atoms with Gasteiger partial charge in [0, 0.05) is 55.1 Å². The predicted molar refractivity (Wildman–Crippen MR) is 144 cm³/mol. The van der Waals surface area contributed by atoms with Crippen LogP contribution in [-0.4, -0.2) is 51.2 Å². The first kappa shape index (κ1) is 28.3. The average Bonchev–Trinajstić information content (AvgIpc) is 2.94. The third-order valence-corrected chi connectivity index (χ3v) is 8.57. The number of aromatic nitrogens is 1. The van der Waals surface area contributed by atoms with Gasteiger partial charge in [0.1, 0.15) is 17.2 Å². The van der Waals surface area contributed by atoms with Crippen molar-refractivity contribution in [1.29, 1.82) is 0 Å². The van der Waals surface area contributed by atoms with E-state index in [1.807, 2.05) is 0 Å². The van der Waals surface area contributed by atoms with E-state index in [1.165, 1.54) is 24.9 Å². The predicted octanol–water partition coefficient (Wildman–Crippen LogP) is 4.34. The lowest BCUT2D eigenvalue weighted by Crippen LogP contribution is -2.50. The number of piperidine rings is 1. The molecule has 2 atom stereocenters. The Morgan fingerprint density at radius 1 is 0.976 bits per heavy atom. The number of pyridine rings is 1. The molecule has 2 bridgehead atoms. The number of methoxy groups -OCH3 is 2. The van der Waals surface area contributed by atoms with Crippen LogP contribution in [0.5, 0.6) is 11.5 Å². The van der Waals surface area contributed by atoms with Gasteiger partial charge in [-0.2, -0.15) is 13.2 Å². The van der Waals surface area contributed by atoms with Gasteiger partial charge in [-0.1, -0.05) is 6.07 Å². The summed E-state index contributed by atoms with van der Waals surface area (Å²) in [5, 5.41) is 2.86. The Labute approximate surface area is 233 Å². The van der Waals surface area contributed by atoms with Crippen molar-refractivity contribution in [2.75, 3.05) is 37.3 Å². The molecule has 2 N–H and O–H groups in total. The van der Waals surface area contributed by atoms with Crippen molar-refractivity contribution in [3.05, 3.63) is 76.2 Å². The highest BCUT2D eigenvalue weighted by atomic mass is 32.2. The summed E-state index contributed by atoms with van der Waals surface area (Å²) < 4.78 is 79.1. The first-order chi connectivity index (χ1) is 19.4. The molecule has 0 saturated carbocycles. The molecule has 0 unspecified atom stereocenters. The lowest BCUT2D eigenvalue weighted by Gasteiger charge is -2.42. The molecule has 14 heteroatoms. The van der Waals surface area contributed by atoms with Gasteiger partial charge in [0.25, 0.3) is 15.6 Å². The summed E-state index contributed by atoms with van der Waals surface area (Å²) in [6, 6.07) is 10.9. The molecule has 1 saturated heterocycles. The van der Waals surface area contributed by atoms with Crippen molar-refractivity contribution >= 4 is 27.4 Å². The number of benzene rings is 2. The monoisotopic (exact) mass is 592 g/mol. The van der Waals surface area contributed by atoms with Crippen molar-refractivity contribution in [3.8, 4) is 11.5 Å². The Kier molecular flexibility index (Phi) is 7.36. The lowest BCUT2D eigenvalue weighted by atomic mass is 9.83. The van der Waals surface area contributed by atoms with Crippen LogP contribution in [0.2, 0.25) is 0 Å². The van der Waals surface area contributed by atoms with Gasteiger partial charge >= 0.3 is 12.2 Å². The van der Waals surface area contributed by atoms with Gasteiger partial charge in [-0.05, 0) is 42.7 Å². The molecule has 41 heavy (non-hydrogen) atoms. The van der Waals surface area contributed by atoms with Crippen LogP contribution in [0.25, 0.3) is 0 Å². The number of fused-ring (bicyclic) bond motifs is 4. The fourth-order valence-electron chi connectivity index (χ4n) is 5.31. The molecule has 0 radical (unpaired) electrons. The van der Waals surface area contributed by atoms with Gasteiger partial charge in [-0.25, -0.2) is 13.2 Å². The number of hydrogen-bond donors (Lipinski definition) is 2. The third kappa shape index (κ3) is 5.82. The van der Waals surface area contributed by atoms with E-state index in [4.69, 9.17) is 9.47 Å². The van der Waals surface area contributed by atoms with Gasteiger partial charge in [0.05, 0.1) is 24.7 Å². The second-order valence-electron chi connectivity index (χ2n) is 9.95. The van der Waals surface area contributed by atoms with Crippen LogP contribution < -0.4 is 25.1 Å². The largest absolute Gasteiger partial charge is 0.497 e. The highest BCUT2D eigenvalue weighted by Gasteiger charge is 2.37. The van der Waals surface area contributed by atoms with Crippen LogP contribution >= 0.6 is 0 Å². The molecule has 0 spiro atoms. The number of sulfonamides is 1. The highest BCUT2D eigenvalue weighted by Crippen LogP contribution is 2.36. The van der Waals surface area contributed by atoms with E-state index >= 15 is 0 Å². The Morgan fingerprint density at radius 2 is 1.68 bits per heavy atom. The van der Waals surface area contributed by atoms with Crippen LogP contribution in [0.3, 0.4) is 0 Å². The van der Waals surface area contributed by atoms with E-state index < -0.39 is 32.2 Å². The number of anilines is 2. The first-order valence-electron chi connectivity index (χ1n) is 12.6. The lowest BCUT2D eigenvalue weighted by molar-refractivity contribution is -0.137. The van der Waals surface area contributed by atoms with Gasteiger partial charge in [-0.3, -0.25) is 9.52 Å². The van der Waals surface area contributed by atoms with Gasteiger partial charge in [0.2, 0.25) is 0 Å². The number of hydrogen-bond acceptors (Lipinski definition) is 6. The van der Waals surface area contributed by atoms with E-state index in [0.29, 0.717) is 42.0 Å². The average molecular weight is 593 g/mol. The molecule has 3 aromatic rings. The molecule has 3 heterocycles. The minimum Gasteiger partial charge on any atom is -0.497 e. The van der Waals surface area contributed by atoms with Crippen molar-refractivity contribution in [2.24, 2.45) is 5.92 Å². The van der Waals surface area contributed by atoms with Crippen molar-refractivity contribution in [2.45, 2.75) is 30.0 Å². The summed E-state index contributed by atoms with van der Waals surface area (Å²) in [7, 11) is -1.45. The molecule has 2 aliphatic heterocycles. The normalized spacial score (nSPS) is 18.3. The second-order valence-corrected chi connectivity index (χ2v) is 11.6. The summed E-state index contributed by atoms with van der Waals surface area (Å²) >= 11 is 0. The van der Waals surface area contributed by atoms with Crippen LogP contribution in [0.15, 0.2) is 64.3 Å². The number of ether oxygens (including phenoxy) is 2. The number of carbonyl (C=O) groups excluding carboxylic acids is 1. The number of halogens is 3. The highest BCUT2D eigenvalue weighted by molar-refractivity contribution is 7.92. The molecule has 0 aliphatic carbocycles. The minimum atomic E-state index is -4.72. The zero-order valence-electron chi connectivity index (χ0n) is 22.1. The molecule has 2 aromatic carbocycles. The quantitative estimate of drug-likeness (QED) is 0.440. The SMILES string of the molecule is COc1cc(NC(=O)N2C[C@@H]3C[C@H](C2)c2ccc(NS(=O)(=O)c4cccc(C(F)(F)F)c4)c(=O)n2C3)cc(OC)c1. The molecule has 1 aromatic heterocycles. The number of likely N-dealkylation sites (tertiary alicyclic amines) is 1. The molecule has 1 fully saturated rings. The molecule has 10 nitrogen and oxygen atoms in total. The standard InChI is InChI=1S/C27H27F3N4O6S/c1-39-20-10-19(11-21(12-20)40-2)31-26(36)33-13-16-8-17(15-33)24-7-6-23(25(35)34(24)14-16)32-41(37,38)22-5-3-4-18(9-22)27(28,29)30/h3-7,9-12,16-17,32H,8,13-15H2,1-2H3,(H,31,36)/t16-,17+/m0/s1. The Morgan fingerprint density at radius 3 is 2.34 bits per heavy atom. The van der Waals surface area contributed by atoms with Gasteiger partial charge < -0.3 is 24.3 Å². The number of rotatable bonds is 6. The number of nitrogens with zero attached hydrogens (tertiary/aromatic N) is 2. The molecule has 5 rings (SSSR count). The summed E-state index contributed by atoms with van der Waals surface area (Å²) in [4.78, 5) is 27.5. The van der Waals surface area contributed by atoms with E-state index in [2.05, 4.69) is 10.0 Å². The zero-order valence-corrected chi connectivity index (χ0v) is 22.9. The Balaban J connectivity index is 1.34. The van der Waals surface area contributed by atoms with E-state index in [9.17, 15) is 31.2 Å². The Hall–Kier alpha value is -4.20. The zero-order chi connectivity index (χ0) is 29.5. The van der Waals surface area contributed by atoms with Crippen molar-refractivity contribution < 1.29 is 35.9 Å². The van der Waals surface area contributed by atoms with Crippen LogP contribution in [-0.2, 0) is 22.7 Å². The molecule has 218 valence electrons. The van der Waals surface area contributed by atoms with Gasteiger partial charge in [-0.15, -0.1) is 0 Å². The van der Waals surface area contributed by atoms with Crippen LogP contribution in [0.4, 0.5) is 29.3 Å². The topological polar surface area (TPSA) is 119 Å². The summed E-state index contributed by atoms with van der Waals surface area (Å²) in [6.07, 6.45) is -3.98. The number of urea groups is 1. The number of nitrogens with one attached hydrogen (secondary N) is 2. The number of alkyl halides is 3. The first-order valence-corrected chi connectivity index (χ1v) is 14.1. The fraction of sp³-hybridized carbons (Fsp3) is 0.333. The third-order valence-electron chi connectivity index (χ3n) is 7.21. The summed E-state index contributed by atoms with van der Waals surface area (Å²) in [5.41, 5.74) is -0.846. The van der Waals surface area contributed by atoms with Gasteiger partial charge in [0.15, 0.2) is 0 Å². The van der Waals surface area contributed by atoms with E-state index in [-0.39, 0.29) is 30.1 Å².